The molecule has 22 heavy (non-hydrogen) atoms. The van der Waals surface area contributed by atoms with Crippen molar-refractivity contribution in [1.29, 1.82) is 0 Å². The van der Waals surface area contributed by atoms with Gasteiger partial charge in [0.15, 0.2) is 0 Å². The van der Waals surface area contributed by atoms with Gasteiger partial charge in [-0.3, -0.25) is 14.5 Å². The maximum atomic E-state index is 12.2. The summed E-state index contributed by atoms with van der Waals surface area (Å²) in [6, 6.07) is 2.16. The third kappa shape index (κ3) is 3.11. The number of amides is 2. The lowest BCUT2D eigenvalue weighted by atomic mass is 9.83. The molecule has 0 bridgehead atoms. The number of hydrogen-bond acceptors (Lipinski definition) is 6. The normalized spacial score (nSPS) is 20.4. The Morgan fingerprint density at radius 3 is 2.77 bits per heavy atom. The predicted molar refractivity (Wildman–Crippen MR) is 81.0 cm³/mol. The maximum Gasteiger partial charge on any atom is 0.327 e. The molecule has 1 aliphatic rings. The number of aliphatic carboxylic acids is 1. The van der Waals surface area contributed by atoms with Gasteiger partial charge in [0.25, 0.3) is 5.91 Å². The molecule has 0 radical (unpaired) electrons. The molecule has 4 N–H and O–H groups in total. The van der Waals surface area contributed by atoms with Crippen LogP contribution in [0.3, 0.4) is 0 Å². The van der Waals surface area contributed by atoms with E-state index < -0.39 is 29.7 Å². The fourth-order valence-electron chi connectivity index (χ4n) is 2.43. The lowest BCUT2D eigenvalue weighted by Crippen LogP contribution is -2.66. The Morgan fingerprint density at radius 2 is 2.23 bits per heavy atom. The van der Waals surface area contributed by atoms with Crippen molar-refractivity contribution in [3.63, 3.8) is 0 Å². The topological polar surface area (TPSA) is 113 Å². The highest BCUT2D eigenvalue weighted by Gasteiger charge is 2.54. The number of thiophene rings is 1. The Hall–Kier alpha value is -2.35. The summed E-state index contributed by atoms with van der Waals surface area (Å²) in [6.07, 6.45) is 0.946. The molecule has 2 amide bonds. The Labute approximate surface area is 131 Å². The van der Waals surface area contributed by atoms with Gasteiger partial charge in [0.2, 0.25) is 5.91 Å². The van der Waals surface area contributed by atoms with E-state index in [4.69, 9.17) is 5.73 Å². The largest absolute Gasteiger partial charge is 0.480 e. The quantitative estimate of drug-likeness (QED) is 0.385. The van der Waals surface area contributed by atoms with Crippen molar-refractivity contribution < 1.29 is 19.5 Å². The van der Waals surface area contributed by atoms with Crippen molar-refractivity contribution in [1.82, 2.24) is 10.2 Å². The smallest absolute Gasteiger partial charge is 0.327 e. The fraction of sp³-hybridized carbons (Fsp3) is 0.357. The van der Waals surface area contributed by atoms with Gasteiger partial charge >= 0.3 is 5.97 Å². The molecule has 2 unspecified atom stereocenters. The third-order valence-electron chi connectivity index (χ3n) is 3.46. The molecular formula is C14H17N3O4S. The van der Waals surface area contributed by atoms with E-state index in [-0.39, 0.29) is 0 Å². The van der Waals surface area contributed by atoms with Crippen LogP contribution in [-0.2, 0) is 9.59 Å². The van der Waals surface area contributed by atoms with Crippen LogP contribution >= 0.6 is 11.3 Å². The van der Waals surface area contributed by atoms with Crippen LogP contribution in [0.15, 0.2) is 29.9 Å². The molecule has 1 aliphatic heterocycles. The second-order valence-corrected chi connectivity index (χ2v) is 5.92. The lowest BCUT2D eigenvalue weighted by Gasteiger charge is -2.42. The van der Waals surface area contributed by atoms with Crippen molar-refractivity contribution in [2.75, 3.05) is 6.54 Å². The van der Waals surface area contributed by atoms with Crippen LogP contribution in [0.25, 0.3) is 0 Å². The summed E-state index contributed by atoms with van der Waals surface area (Å²) in [6.45, 7) is 3.99. The lowest BCUT2D eigenvalue weighted by molar-refractivity contribution is -0.166. The minimum absolute atomic E-state index is 0.323. The van der Waals surface area contributed by atoms with E-state index in [9.17, 15) is 19.5 Å². The molecule has 0 aromatic carbocycles. The van der Waals surface area contributed by atoms with Crippen LogP contribution in [0, 0.1) is 5.92 Å². The fourth-order valence-corrected chi connectivity index (χ4v) is 3.09. The average molecular weight is 323 g/mol. The Bertz CT molecular complexity index is 599. The van der Waals surface area contributed by atoms with Crippen LogP contribution in [0.2, 0.25) is 0 Å². The summed E-state index contributed by atoms with van der Waals surface area (Å²) >= 11 is 1.18. The molecule has 1 aromatic heterocycles. The zero-order valence-electron chi connectivity index (χ0n) is 11.8. The highest BCUT2D eigenvalue weighted by molar-refractivity contribution is 7.12. The van der Waals surface area contributed by atoms with Crippen molar-refractivity contribution in [2.45, 2.75) is 18.9 Å². The Morgan fingerprint density at radius 1 is 1.50 bits per heavy atom. The molecule has 1 saturated heterocycles. The number of carbonyl (C=O) groups excluding carboxylic acids is 2. The van der Waals surface area contributed by atoms with Gasteiger partial charge in [0.1, 0.15) is 6.04 Å². The van der Waals surface area contributed by atoms with Gasteiger partial charge in [0, 0.05) is 6.54 Å². The highest BCUT2D eigenvalue weighted by atomic mass is 32.1. The molecule has 0 saturated carbocycles. The number of carboxylic acids is 1. The molecule has 1 fully saturated rings. The number of hydrogen-bond donors (Lipinski definition) is 3. The molecule has 2 atom stereocenters. The standard InChI is InChI=1S/C14H17N3O4S/c1-8(15)16-6-2-4-9-11(14(20)21)17(12(9)18)13(19)10-5-3-7-22-10/h3,5,7,9,11,16H,1-2,4,6,15H2,(H,20,21). The number of carboxylic acid groups (broad SMARTS) is 1. The summed E-state index contributed by atoms with van der Waals surface area (Å²) in [5.41, 5.74) is 5.36. The van der Waals surface area contributed by atoms with Crippen LogP contribution in [0.4, 0.5) is 0 Å². The molecule has 1 aromatic rings. The second kappa shape index (κ2) is 6.61. The van der Waals surface area contributed by atoms with Gasteiger partial charge in [-0.2, -0.15) is 0 Å². The number of nitrogens with one attached hydrogen (secondary N) is 1. The van der Waals surface area contributed by atoms with E-state index in [0.29, 0.717) is 30.1 Å². The van der Waals surface area contributed by atoms with Gasteiger partial charge in [-0.15, -0.1) is 11.3 Å². The van der Waals surface area contributed by atoms with Gasteiger partial charge in [-0.25, -0.2) is 4.79 Å². The molecule has 2 heterocycles. The number of imide groups is 1. The van der Waals surface area contributed by atoms with Crippen LogP contribution in [0.5, 0.6) is 0 Å². The van der Waals surface area contributed by atoms with Crippen molar-refractivity contribution in [3.8, 4) is 0 Å². The van der Waals surface area contributed by atoms with E-state index in [1.165, 1.54) is 11.3 Å². The first-order valence-electron chi connectivity index (χ1n) is 6.75. The number of likely N-dealkylation sites (tertiary alicyclic amines) is 1. The minimum atomic E-state index is -1.16. The predicted octanol–water partition coefficient (Wildman–Crippen LogP) is 0.600. The number of carbonyl (C=O) groups is 3. The van der Waals surface area contributed by atoms with Gasteiger partial charge < -0.3 is 16.2 Å². The van der Waals surface area contributed by atoms with E-state index in [2.05, 4.69) is 11.9 Å². The zero-order valence-corrected chi connectivity index (χ0v) is 12.6. The van der Waals surface area contributed by atoms with E-state index >= 15 is 0 Å². The monoisotopic (exact) mass is 323 g/mol. The van der Waals surface area contributed by atoms with E-state index in [0.717, 1.165) is 4.90 Å². The number of rotatable bonds is 7. The summed E-state index contributed by atoms with van der Waals surface area (Å²) in [7, 11) is 0. The van der Waals surface area contributed by atoms with Crippen LogP contribution in [0.1, 0.15) is 22.5 Å². The van der Waals surface area contributed by atoms with Crippen molar-refractivity contribution in [2.24, 2.45) is 11.7 Å². The third-order valence-corrected chi connectivity index (χ3v) is 4.32. The first-order chi connectivity index (χ1) is 10.4. The van der Waals surface area contributed by atoms with Gasteiger partial charge in [-0.1, -0.05) is 12.6 Å². The van der Waals surface area contributed by atoms with Crippen molar-refractivity contribution in [3.05, 3.63) is 34.8 Å². The summed E-state index contributed by atoms with van der Waals surface area (Å²) in [4.78, 5) is 36.9. The SMILES string of the molecule is C=C(N)NCCCC1C(=O)N(C(=O)c2cccs2)C1C(=O)O. The highest BCUT2D eigenvalue weighted by Crippen LogP contribution is 2.33. The number of nitrogens with zero attached hydrogens (tertiary/aromatic N) is 1. The zero-order chi connectivity index (χ0) is 16.3. The van der Waals surface area contributed by atoms with Gasteiger partial charge in [0.05, 0.1) is 16.6 Å². The first kappa shape index (κ1) is 16.0. The van der Waals surface area contributed by atoms with Crippen LogP contribution < -0.4 is 11.1 Å². The summed E-state index contributed by atoms with van der Waals surface area (Å²) in [5.74, 6) is -2.49. The number of β-lactam (4-membered cyclic amide) rings is 1. The molecule has 0 spiro atoms. The molecule has 7 nitrogen and oxygen atoms in total. The number of nitrogens with two attached hydrogens (primary N) is 1. The molecule has 2 rings (SSSR count). The Balaban J connectivity index is 1.99. The summed E-state index contributed by atoms with van der Waals surface area (Å²) < 4.78 is 0. The van der Waals surface area contributed by atoms with E-state index in [1.54, 1.807) is 17.5 Å². The maximum absolute atomic E-state index is 12.2. The van der Waals surface area contributed by atoms with Crippen molar-refractivity contribution >= 4 is 29.1 Å². The molecule has 8 heteroatoms. The second-order valence-electron chi connectivity index (χ2n) is 4.97. The van der Waals surface area contributed by atoms with E-state index in [1.807, 2.05) is 0 Å². The Kier molecular flexibility index (Phi) is 4.81. The summed E-state index contributed by atoms with van der Waals surface area (Å²) in [5, 5.41) is 13.8. The average Bonchev–Trinajstić information content (AvgIpc) is 2.97. The molecular weight excluding hydrogens is 306 g/mol. The van der Waals surface area contributed by atoms with Gasteiger partial charge in [-0.05, 0) is 24.3 Å². The first-order valence-corrected chi connectivity index (χ1v) is 7.63. The molecule has 0 aliphatic carbocycles. The minimum Gasteiger partial charge on any atom is -0.480 e. The molecule has 118 valence electrons. The van der Waals surface area contributed by atoms with Crippen LogP contribution in [-0.4, -0.2) is 40.4 Å².